The van der Waals surface area contributed by atoms with E-state index >= 15 is 0 Å². The quantitative estimate of drug-likeness (QED) is 0.280. The molecule has 6 unspecified atom stereocenters. The van der Waals surface area contributed by atoms with Crippen molar-refractivity contribution in [2.45, 2.75) is 83.8 Å². The maximum Gasteiger partial charge on any atom is 0.405 e. The molecule has 0 aromatic heterocycles. The number of carbonyl (C=O) groups excluding carboxylic acids is 4. The predicted octanol–water partition coefficient (Wildman–Crippen LogP) is 2.51. The van der Waals surface area contributed by atoms with E-state index in [2.05, 4.69) is 10.6 Å². The van der Waals surface area contributed by atoms with Gasteiger partial charge in [0.1, 0.15) is 6.10 Å². The maximum absolute atomic E-state index is 13.6. The number of primary amides is 1. The van der Waals surface area contributed by atoms with E-state index in [-0.39, 0.29) is 41.1 Å². The number of nitrogens with two attached hydrogens (primary N) is 1. The number of Topliss-reactive ketones (excluding diaryl/α,β-unsaturated/α-hetero) is 1. The van der Waals surface area contributed by atoms with Crippen molar-refractivity contribution in [3.05, 3.63) is 58.5 Å². The monoisotopic (exact) mass is 585 g/mol. The van der Waals surface area contributed by atoms with Gasteiger partial charge in [-0.1, -0.05) is 38.2 Å². The molecule has 1 aliphatic heterocycles. The number of rotatable bonds is 5. The lowest BCUT2D eigenvalue weighted by atomic mass is 9.85. The topological polar surface area (TPSA) is 166 Å². The summed E-state index contributed by atoms with van der Waals surface area (Å²) in [6.07, 6.45) is 5.85. The Balaban J connectivity index is 2.05. The highest BCUT2D eigenvalue weighted by Crippen LogP contribution is 2.30. The minimum absolute atomic E-state index is 0.0929. The molecule has 3 rings (SSSR count). The molecule has 0 aromatic carbocycles. The molecule has 0 saturated heterocycles. The number of hydrogen-bond donors (Lipinski definition) is 4. The van der Waals surface area contributed by atoms with Crippen LogP contribution in [0, 0.1) is 11.8 Å². The molecule has 3 aliphatic rings. The van der Waals surface area contributed by atoms with E-state index in [0.29, 0.717) is 17.6 Å². The first-order chi connectivity index (χ1) is 19.9. The number of allylic oxidation sites excluding steroid dienone is 4. The van der Waals surface area contributed by atoms with Gasteiger partial charge < -0.3 is 35.7 Å². The first-order valence-corrected chi connectivity index (χ1v) is 14.2. The molecule has 1 heterocycles. The SMILES string of the molecule is COC1/C=C\C=C(/C)C(=O)NC2=CC(=O)C(NC3CC3)=C(CC(C)CC(OC)C(O)C(C)/C=C(/C)C1OC(N)=O)C2=O. The van der Waals surface area contributed by atoms with Crippen LogP contribution in [0.1, 0.15) is 53.4 Å². The molecule has 0 radical (unpaired) electrons. The van der Waals surface area contributed by atoms with Crippen LogP contribution < -0.4 is 16.4 Å². The second kappa shape index (κ2) is 14.6. The summed E-state index contributed by atoms with van der Waals surface area (Å²) in [4.78, 5) is 51.5. The van der Waals surface area contributed by atoms with Gasteiger partial charge in [0, 0.05) is 43.4 Å². The molecule has 11 nitrogen and oxygen atoms in total. The van der Waals surface area contributed by atoms with E-state index in [4.69, 9.17) is 19.9 Å². The van der Waals surface area contributed by atoms with Gasteiger partial charge in [0.25, 0.3) is 5.91 Å². The number of ether oxygens (including phenoxy) is 3. The van der Waals surface area contributed by atoms with Gasteiger partial charge in [-0.15, -0.1) is 0 Å². The van der Waals surface area contributed by atoms with Crippen LogP contribution in [-0.2, 0) is 28.6 Å². The summed E-state index contributed by atoms with van der Waals surface area (Å²) in [5, 5.41) is 17.0. The van der Waals surface area contributed by atoms with Gasteiger partial charge in [-0.2, -0.15) is 0 Å². The lowest BCUT2D eigenvalue weighted by Crippen LogP contribution is -2.38. The zero-order chi connectivity index (χ0) is 31.1. The highest BCUT2D eigenvalue weighted by Gasteiger charge is 2.35. The molecule has 42 heavy (non-hydrogen) atoms. The second-order valence-electron chi connectivity index (χ2n) is 11.3. The summed E-state index contributed by atoms with van der Waals surface area (Å²) in [6.45, 7) is 7.04. The lowest BCUT2D eigenvalue weighted by Gasteiger charge is -2.30. The Hall–Kier alpha value is -3.54. The molecule has 1 saturated carbocycles. The zero-order valence-corrected chi connectivity index (χ0v) is 25.1. The molecule has 2 amide bonds. The predicted molar refractivity (Wildman–Crippen MR) is 156 cm³/mol. The third kappa shape index (κ3) is 8.50. The van der Waals surface area contributed by atoms with E-state index < -0.39 is 48.1 Å². The van der Waals surface area contributed by atoms with Gasteiger partial charge in [0.2, 0.25) is 11.6 Å². The van der Waals surface area contributed by atoms with Crippen molar-refractivity contribution in [2.75, 3.05) is 14.2 Å². The molecule has 5 N–H and O–H groups in total. The highest BCUT2D eigenvalue weighted by molar-refractivity contribution is 6.23. The smallest absolute Gasteiger partial charge is 0.405 e. The number of hydrogen-bond acceptors (Lipinski definition) is 9. The van der Waals surface area contributed by atoms with Gasteiger partial charge in [-0.25, -0.2) is 4.79 Å². The normalized spacial score (nSPS) is 33.5. The third-order valence-electron chi connectivity index (χ3n) is 7.72. The first kappa shape index (κ1) is 33.0. The van der Waals surface area contributed by atoms with E-state index in [9.17, 15) is 24.3 Å². The van der Waals surface area contributed by atoms with Crippen molar-refractivity contribution in [3.8, 4) is 0 Å². The van der Waals surface area contributed by atoms with Crippen molar-refractivity contribution >= 4 is 23.6 Å². The Kier molecular flexibility index (Phi) is 11.4. The Morgan fingerprint density at radius 1 is 1.12 bits per heavy atom. The average molecular weight is 586 g/mol. The second-order valence-corrected chi connectivity index (χ2v) is 11.3. The number of fused-ring (bicyclic) bond motifs is 2. The third-order valence-corrected chi connectivity index (χ3v) is 7.72. The standard InChI is InChI=1S/C31H43N3O8/c1-16-12-21-26(33-20-10-11-20)23(35)15-22(28(21)37)34-30(38)17(2)8-7-9-24(40-5)29(42-31(32)39)19(4)14-18(3)27(36)25(13-16)41-6/h7-9,14-16,18,20,24-25,27,29,33,36H,10-13H2,1-6H3,(H2,32,39)(H,34,38)/b9-7-,17-8+,19-14-. The number of aliphatic hydroxyl groups excluding tert-OH is 1. The van der Waals surface area contributed by atoms with E-state index in [0.717, 1.165) is 18.9 Å². The Morgan fingerprint density at radius 2 is 1.81 bits per heavy atom. The van der Waals surface area contributed by atoms with Crippen LogP contribution in [0.15, 0.2) is 58.5 Å². The van der Waals surface area contributed by atoms with Crippen LogP contribution in [0.5, 0.6) is 0 Å². The fourth-order valence-electron chi connectivity index (χ4n) is 5.17. The molecule has 230 valence electrons. The van der Waals surface area contributed by atoms with Crippen molar-refractivity contribution < 1.29 is 38.5 Å². The molecular formula is C31H43N3O8. The maximum atomic E-state index is 13.6. The number of carbonyl (C=O) groups is 4. The Bertz CT molecular complexity index is 1230. The zero-order valence-electron chi connectivity index (χ0n) is 25.1. The van der Waals surface area contributed by atoms with Gasteiger partial charge in [0.15, 0.2) is 6.10 Å². The molecule has 0 spiro atoms. The molecule has 1 fully saturated rings. The molecule has 0 aromatic rings. The minimum Gasteiger partial charge on any atom is -0.439 e. The van der Waals surface area contributed by atoms with Crippen LogP contribution in [0.3, 0.4) is 0 Å². The van der Waals surface area contributed by atoms with Crippen LogP contribution in [0.2, 0.25) is 0 Å². The molecular weight excluding hydrogens is 542 g/mol. The van der Waals surface area contributed by atoms with Crippen molar-refractivity contribution in [3.63, 3.8) is 0 Å². The molecule has 6 atom stereocenters. The number of methoxy groups -OCH3 is 2. The fourth-order valence-corrected chi connectivity index (χ4v) is 5.17. The van der Waals surface area contributed by atoms with Gasteiger partial charge >= 0.3 is 6.09 Å². The summed E-state index contributed by atoms with van der Waals surface area (Å²) in [5.41, 5.74) is 6.69. The molecule has 2 bridgehead atoms. The summed E-state index contributed by atoms with van der Waals surface area (Å²) >= 11 is 0. The van der Waals surface area contributed by atoms with Crippen molar-refractivity contribution in [2.24, 2.45) is 17.6 Å². The highest BCUT2D eigenvalue weighted by atomic mass is 16.6. The van der Waals surface area contributed by atoms with Gasteiger partial charge in [0.05, 0.1) is 23.6 Å². The molecule has 11 heteroatoms. The van der Waals surface area contributed by atoms with Crippen LogP contribution >= 0.6 is 0 Å². The minimum atomic E-state index is -0.993. The summed E-state index contributed by atoms with van der Waals surface area (Å²) in [6, 6.07) is 0.140. The first-order valence-electron chi connectivity index (χ1n) is 14.2. The average Bonchev–Trinajstić information content (AvgIpc) is 3.76. The molecule has 2 aliphatic carbocycles. The number of ketones is 2. The lowest BCUT2D eigenvalue weighted by molar-refractivity contribution is -0.120. The summed E-state index contributed by atoms with van der Waals surface area (Å²) in [5.74, 6) is -1.94. The number of aliphatic hydroxyl groups is 1. The number of nitrogens with one attached hydrogen (secondary N) is 2. The number of amides is 2. The summed E-state index contributed by atoms with van der Waals surface area (Å²) in [7, 11) is 2.94. The van der Waals surface area contributed by atoms with Crippen LogP contribution in [0.25, 0.3) is 0 Å². The van der Waals surface area contributed by atoms with Crippen molar-refractivity contribution in [1.29, 1.82) is 0 Å². The van der Waals surface area contributed by atoms with Gasteiger partial charge in [-0.3, -0.25) is 14.4 Å². The van der Waals surface area contributed by atoms with Crippen LogP contribution in [-0.4, -0.2) is 73.4 Å². The van der Waals surface area contributed by atoms with E-state index in [1.54, 1.807) is 32.1 Å². The van der Waals surface area contributed by atoms with E-state index in [1.807, 2.05) is 13.8 Å². The van der Waals surface area contributed by atoms with Crippen molar-refractivity contribution in [1.82, 2.24) is 10.6 Å². The fraction of sp³-hybridized carbons (Fsp3) is 0.548. The van der Waals surface area contributed by atoms with Gasteiger partial charge in [-0.05, 0) is 51.0 Å². The Labute approximate surface area is 246 Å². The van der Waals surface area contributed by atoms with E-state index in [1.165, 1.54) is 20.3 Å². The van der Waals surface area contributed by atoms with Crippen LogP contribution in [0.4, 0.5) is 4.79 Å². The summed E-state index contributed by atoms with van der Waals surface area (Å²) < 4.78 is 16.6. The largest absolute Gasteiger partial charge is 0.439 e. The Morgan fingerprint density at radius 3 is 2.40 bits per heavy atom.